The van der Waals surface area contributed by atoms with E-state index in [0.29, 0.717) is 0 Å². The predicted molar refractivity (Wildman–Crippen MR) is 54.2 cm³/mol. The van der Waals surface area contributed by atoms with Crippen LogP contribution in [0.5, 0.6) is 0 Å². The summed E-state index contributed by atoms with van der Waals surface area (Å²) in [5.74, 6) is -1.42. The summed E-state index contributed by atoms with van der Waals surface area (Å²) < 4.78 is 45.9. The van der Waals surface area contributed by atoms with Gasteiger partial charge >= 0.3 is 6.43 Å². The highest BCUT2D eigenvalue weighted by Gasteiger charge is 2.15. The normalized spacial score (nSPS) is 11.5. The van der Waals surface area contributed by atoms with Gasteiger partial charge in [0.15, 0.2) is 9.84 Å². The van der Waals surface area contributed by atoms with Crippen molar-refractivity contribution < 1.29 is 22.0 Å². The molecule has 0 saturated heterocycles. The first-order chi connectivity index (χ1) is 7.30. The number of rotatable bonds is 3. The lowest BCUT2D eigenvalue weighted by Gasteiger charge is -2.04. The van der Waals surface area contributed by atoms with Gasteiger partial charge in [0.1, 0.15) is 0 Å². The number of halogens is 2. The first kappa shape index (κ1) is 12.6. The van der Waals surface area contributed by atoms with E-state index in [-0.39, 0.29) is 10.6 Å². The zero-order chi connectivity index (χ0) is 12.3. The topological polar surface area (TPSA) is 63.2 Å². The Morgan fingerprint density at radius 1 is 1.25 bits per heavy atom. The van der Waals surface area contributed by atoms with E-state index in [0.717, 1.165) is 6.26 Å². The molecule has 0 atom stereocenters. The molecule has 0 aliphatic carbocycles. The summed E-state index contributed by atoms with van der Waals surface area (Å²) in [5, 5.41) is 1.94. The predicted octanol–water partition coefficient (Wildman–Crippen LogP) is 1.29. The summed E-state index contributed by atoms with van der Waals surface area (Å²) in [4.78, 5) is 10.7. The third-order valence-electron chi connectivity index (χ3n) is 1.75. The Labute approximate surface area is 91.2 Å². The monoisotopic (exact) mass is 249 g/mol. The van der Waals surface area contributed by atoms with Crippen LogP contribution in [-0.4, -0.2) is 27.0 Å². The standard InChI is InChI=1S/C9H9F2NO3S/c1-16(14,15)7-4-2-6(3-5-7)12-9(13)8(10)11/h2-5,8H,1H3,(H,12,13). The van der Waals surface area contributed by atoms with Crippen LogP contribution in [0.3, 0.4) is 0 Å². The molecule has 0 spiro atoms. The molecule has 16 heavy (non-hydrogen) atoms. The number of benzene rings is 1. The Balaban J connectivity index is 2.84. The van der Waals surface area contributed by atoms with Crippen molar-refractivity contribution in [2.24, 2.45) is 0 Å². The summed E-state index contributed by atoms with van der Waals surface area (Å²) in [6.45, 7) is 0. The molecule has 7 heteroatoms. The van der Waals surface area contributed by atoms with E-state index in [2.05, 4.69) is 0 Å². The van der Waals surface area contributed by atoms with Crippen LogP contribution in [0.2, 0.25) is 0 Å². The minimum absolute atomic E-state index is 0.0579. The molecule has 0 aliphatic rings. The number of nitrogens with one attached hydrogen (secondary N) is 1. The molecule has 0 saturated carbocycles. The Morgan fingerprint density at radius 2 is 1.75 bits per heavy atom. The van der Waals surface area contributed by atoms with Crippen molar-refractivity contribution in [1.82, 2.24) is 0 Å². The van der Waals surface area contributed by atoms with E-state index < -0.39 is 22.2 Å². The molecule has 0 radical (unpaired) electrons. The molecule has 0 aromatic heterocycles. The van der Waals surface area contributed by atoms with Gasteiger partial charge in [-0.3, -0.25) is 4.79 Å². The zero-order valence-electron chi connectivity index (χ0n) is 8.28. The summed E-state index contributed by atoms with van der Waals surface area (Å²) in [6.07, 6.45) is -2.07. The summed E-state index contributed by atoms with van der Waals surface area (Å²) in [5.41, 5.74) is 0.123. The van der Waals surface area contributed by atoms with Crippen molar-refractivity contribution in [3.8, 4) is 0 Å². The van der Waals surface area contributed by atoms with Crippen LogP contribution < -0.4 is 5.32 Å². The minimum Gasteiger partial charge on any atom is -0.321 e. The average Bonchev–Trinajstić information content (AvgIpc) is 2.17. The molecular formula is C9H9F2NO3S. The number of hydrogen-bond donors (Lipinski definition) is 1. The molecule has 0 heterocycles. The maximum atomic E-state index is 11.9. The molecule has 1 aromatic rings. The summed E-state index contributed by atoms with van der Waals surface area (Å²) in [7, 11) is -3.33. The quantitative estimate of drug-likeness (QED) is 0.878. The van der Waals surface area contributed by atoms with Crippen LogP contribution in [0.1, 0.15) is 0 Å². The number of amides is 1. The highest BCUT2D eigenvalue weighted by atomic mass is 32.2. The lowest BCUT2D eigenvalue weighted by molar-refractivity contribution is -0.126. The van der Waals surface area contributed by atoms with Gasteiger partial charge in [0, 0.05) is 11.9 Å². The summed E-state index contributed by atoms with van der Waals surface area (Å²) in [6, 6.07) is 4.96. The van der Waals surface area contributed by atoms with E-state index in [9.17, 15) is 22.0 Å². The van der Waals surface area contributed by atoms with Gasteiger partial charge in [0.2, 0.25) is 0 Å². The summed E-state index contributed by atoms with van der Waals surface area (Å²) >= 11 is 0. The molecule has 0 bridgehead atoms. The van der Waals surface area contributed by atoms with Crippen molar-refractivity contribution in [2.75, 3.05) is 11.6 Å². The smallest absolute Gasteiger partial charge is 0.315 e. The van der Waals surface area contributed by atoms with Crippen LogP contribution in [0.25, 0.3) is 0 Å². The average molecular weight is 249 g/mol. The van der Waals surface area contributed by atoms with E-state index in [1.54, 1.807) is 0 Å². The van der Waals surface area contributed by atoms with Gasteiger partial charge in [-0.05, 0) is 24.3 Å². The third-order valence-corrected chi connectivity index (χ3v) is 2.88. The number of hydrogen-bond acceptors (Lipinski definition) is 3. The van der Waals surface area contributed by atoms with Gasteiger partial charge in [-0.25, -0.2) is 8.42 Å². The molecular weight excluding hydrogens is 240 g/mol. The van der Waals surface area contributed by atoms with Crippen molar-refractivity contribution in [3.63, 3.8) is 0 Å². The molecule has 4 nitrogen and oxygen atoms in total. The van der Waals surface area contributed by atoms with Gasteiger partial charge in [-0.2, -0.15) is 8.78 Å². The molecule has 0 unspecified atom stereocenters. The van der Waals surface area contributed by atoms with Crippen LogP contribution in [0.4, 0.5) is 14.5 Å². The minimum atomic E-state index is -3.33. The lowest BCUT2D eigenvalue weighted by Crippen LogP contribution is -2.19. The highest BCUT2D eigenvalue weighted by Crippen LogP contribution is 2.14. The first-order valence-electron chi connectivity index (χ1n) is 4.20. The molecule has 1 amide bonds. The largest absolute Gasteiger partial charge is 0.321 e. The zero-order valence-corrected chi connectivity index (χ0v) is 9.09. The van der Waals surface area contributed by atoms with E-state index in [4.69, 9.17) is 0 Å². The van der Waals surface area contributed by atoms with E-state index >= 15 is 0 Å². The Bertz CT molecular complexity index is 482. The van der Waals surface area contributed by atoms with Crippen molar-refractivity contribution >= 4 is 21.4 Å². The van der Waals surface area contributed by atoms with Gasteiger partial charge in [0.25, 0.3) is 5.91 Å². The third kappa shape index (κ3) is 3.27. The Morgan fingerprint density at radius 3 is 2.12 bits per heavy atom. The van der Waals surface area contributed by atoms with Gasteiger partial charge in [-0.15, -0.1) is 0 Å². The number of sulfone groups is 1. The molecule has 88 valence electrons. The Kier molecular flexibility index (Phi) is 3.58. The van der Waals surface area contributed by atoms with Crippen molar-refractivity contribution in [1.29, 1.82) is 0 Å². The van der Waals surface area contributed by atoms with Crippen LogP contribution >= 0.6 is 0 Å². The molecule has 1 aromatic carbocycles. The lowest BCUT2D eigenvalue weighted by atomic mass is 10.3. The van der Waals surface area contributed by atoms with E-state index in [1.165, 1.54) is 24.3 Å². The van der Waals surface area contributed by atoms with Crippen molar-refractivity contribution in [3.05, 3.63) is 24.3 Å². The second kappa shape index (κ2) is 4.56. The molecule has 0 fully saturated rings. The fourth-order valence-electron chi connectivity index (χ4n) is 0.982. The van der Waals surface area contributed by atoms with Gasteiger partial charge < -0.3 is 5.32 Å². The fraction of sp³-hybridized carbons (Fsp3) is 0.222. The maximum absolute atomic E-state index is 11.9. The molecule has 0 aliphatic heterocycles. The van der Waals surface area contributed by atoms with Gasteiger partial charge in [-0.1, -0.05) is 0 Å². The molecule has 1 rings (SSSR count). The number of carbonyl (C=O) groups excluding carboxylic acids is 1. The van der Waals surface area contributed by atoms with Crippen LogP contribution in [-0.2, 0) is 14.6 Å². The fourth-order valence-corrected chi connectivity index (χ4v) is 1.61. The first-order valence-corrected chi connectivity index (χ1v) is 6.09. The second-order valence-corrected chi connectivity index (χ2v) is 5.10. The van der Waals surface area contributed by atoms with Crippen LogP contribution in [0.15, 0.2) is 29.2 Å². The maximum Gasteiger partial charge on any atom is 0.315 e. The Hall–Kier alpha value is -1.50. The van der Waals surface area contributed by atoms with Gasteiger partial charge in [0.05, 0.1) is 4.90 Å². The molecule has 1 N–H and O–H groups in total. The van der Waals surface area contributed by atoms with E-state index in [1.807, 2.05) is 5.32 Å². The SMILES string of the molecule is CS(=O)(=O)c1ccc(NC(=O)C(F)F)cc1. The second-order valence-electron chi connectivity index (χ2n) is 3.09. The number of anilines is 1. The van der Waals surface area contributed by atoms with Crippen molar-refractivity contribution in [2.45, 2.75) is 11.3 Å². The highest BCUT2D eigenvalue weighted by molar-refractivity contribution is 7.90. The number of carbonyl (C=O) groups is 1. The number of alkyl halides is 2. The van der Waals surface area contributed by atoms with Crippen LogP contribution in [0, 0.1) is 0 Å².